The molecule has 0 spiro atoms. The van der Waals surface area contributed by atoms with Crippen molar-refractivity contribution in [2.45, 2.75) is 19.9 Å². The fourth-order valence-corrected chi connectivity index (χ4v) is 2.67. The zero-order valence-corrected chi connectivity index (χ0v) is 14.0. The molecular weight excluding hydrogens is 357 g/mol. The van der Waals surface area contributed by atoms with E-state index >= 15 is 0 Å². The first-order valence-corrected chi connectivity index (χ1v) is 7.66. The molecule has 2 heterocycles. The van der Waals surface area contributed by atoms with E-state index in [9.17, 15) is 10.1 Å². The van der Waals surface area contributed by atoms with Crippen LogP contribution < -0.4 is 0 Å². The highest BCUT2D eigenvalue weighted by molar-refractivity contribution is 6.36. The minimum atomic E-state index is -0.466. The molecule has 3 rings (SSSR count). The van der Waals surface area contributed by atoms with Crippen molar-refractivity contribution in [3.05, 3.63) is 56.1 Å². The molecule has 8 nitrogen and oxygen atoms in total. The Labute approximate surface area is 146 Å². The van der Waals surface area contributed by atoms with Crippen LogP contribution in [-0.4, -0.2) is 24.8 Å². The summed E-state index contributed by atoms with van der Waals surface area (Å²) in [5, 5.41) is 19.6. The first kappa shape index (κ1) is 16.4. The fourth-order valence-electron chi connectivity index (χ4n) is 2.18. The molecule has 1 aromatic carbocycles. The molecule has 0 aliphatic heterocycles. The maximum Gasteiger partial charge on any atom is 0.309 e. The molecule has 3 aromatic rings. The predicted molar refractivity (Wildman–Crippen MR) is 87.1 cm³/mol. The highest BCUT2D eigenvalue weighted by Gasteiger charge is 2.17. The van der Waals surface area contributed by atoms with Crippen LogP contribution in [0.5, 0.6) is 0 Å². The number of hydrogen-bond acceptors (Lipinski definition) is 6. The lowest BCUT2D eigenvalue weighted by molar-refractivity contribution is -0.385. The topological polar surface area (TPSA) is 99.9 Å². The molecule has 2 aromatic heterocycles. The summed E-state index contributed by atoms with van der Waals surface area (Å²) in [5.41, 5.74) is 1.07. The van der Waals surface area contributed by atoms with Gasteiger partial charge in [0.05, 0.1) is 16.5 Å². The smallest absolute Gasteiger partial charge is 0.309 e. The van der Waals surface area contributed by atoms with Crippen LogP contribution in [0.1, 0.15) is 11.6 Å². The third-order valence-corrected chi connectivity index (χ3v) is 4.00. The molecule has 10 heteroatoms. The van der Waals surface area contributed by atoms with Crippen LogP contribution in [0.2, 0.25) is 10.0 Å². The van der Waals surface area contributed by atoms with Crippen LogP contribution in [0.15, 0.2) is 28.9 Å². The average molecular weight is 368 g/mol. The largest absolute Gasteiger partial charge is 0.339 e. The van der Waals surface area contributed by atoms with Gasteiger partial charge in [0.25, 0.3) is 0 Å². The van der Waals surface area contributed by atoms with Gasteiger partial charge in [0.1, 0.15) is 11.9 Å². The van der Waals surface area contributed by atoms with Gasteiger partial charge in [0, 0.05) is 17.0 Å². The number of nitrogens with zero attached hydrogens (tertiary/aromatic N) is 5. The molecule has 0 bridgehead atoms. The van der Waals surface area contributed by atoms with E-state index in [2.05, 4.69) is 15.2 Å². The summed E-state index contributed by atoms with van der Waals surface area (Å²) in [6.07, 6.45) is 1.61. The van der Waals surface area contributed by atoms with Crippen molar-refractivity contribution in [1.29, 1.82) is 0 Å². The van der Waals surface area contributed by atoms with Gasteiger partial charge in [0.15, 0.2) is 0 Å². The lowest BCUT2D eigenvalue weighted by atomic mass is 10.2. The maximum absolute atomic E-state index is 10.8. The first-order valence-electron chi connectivity index (χ1n) is 6.90. The molecule has 0 aliphatic carbocycles. The number of hydrogen-bond donors (Lipinski definition) is 0. The van der Waals surface area contributed by atoms with Crippen LogP contribution in [-0.2, 0) is 13.0 Å². The minimum Gasteiger partial charge on any atom is -0.339 e. The van der Waals surface area contributed by atoms with Gasteiger partial charge in [0.2, 0.25) is 11.7 Å². The van der Waals surface area contributed by atoms with E-state index in [0.29, 0.717) is 46.0 Å². The van der Waals surface area contributed by atoms with Crippen molar-refractivity contribution in [3.8, 4) is 11.4 Å². The number of nitro groups is 1. The number of aromatic nitrogens is 4. The summed E-state index contributed by atoms with van der Waals surface area (Å²) in [4.78, 5) is 14.6. The first-order chi connectivity index (χ1) is 11.5. The van der Waals surface area contributed by atoms with Gasteiger partial charge < -0.3 is 4.52 Å². The molecule has 124 valence electrons. The van der Waals surface area contributed by atoms with Crippen molar-refractivity contribution in [3.63, 3.8) is 0 Å². The van der Waals surface area contributed by atoms with Crippen LogP contribution in [0.4, 0.5) is 5.69 Å². The molecule has 0 saturated heterocycles. The van der Waals surface area contributed by atoms with E-state index in [0.717, 1.165) is 0 Å². The summed E-state index contributed by atoms with van der Waals surface area (Å²) in [6, 6.07) is 4.99. The number of halogens is 2. The molecule has 0 atom stereocenters. The van der Waals surface area contributed by atoms with Gasteiger partial charge >= 0.3 is 5.69 Å². The summed E-state index contributed by atoms with van der Waals surface area (Å²) >= 11 is 12.0. The maximum atomic E-state index is 10.8. The molecule has 0 radical (unpaired) electrons. The van der Waals surface area contributed by atoms with Crippen LogP contribution in [0, 0.1) is 17.0 Å². The van der Waals surface area contributed by atoms with Gasteiger partial charge in [-0.25, -0.2) is 0 Å². The van der Waals surface area contributed by atoms with Crippen LogP contribution in [0.3, 0.4) is 0 Å². The van der Waals surface area contributed by atoms with E-state index in [1.54, 1.807) is 25.1 Å². The van der Waals surface area contributed by atoms with Gasteiger partial charge in [-0.2, -0.15) is 10.1 Å². The summed E-state index contributed by atoms with van der Waals surface area (Å²) in [7, 11) is 0. The lowest BCUT2D eigenvalue weighted by Crippen LogP contribution is -2.05. The van der Waals surface area contributed by atoms with E-state index in [1.807, 2.05) is 0 Å². The third kappa shape index (κ3) is 3.24. The second-order valence-electron chi connectivity index (χ2n) is 4.98. The van der Waals surface area contributed by atoms with Gasteiger partial charge in [-0.15, -0.1) is 0 Å². The van der Waals surface area contributed by atoms with Gasteiger partial charge in [-0.05, 0) is 25.1 Å². The normalized spacial score (nSPS) is 11.0. The fraction of sp³-hybridized carbons (Fsp3) is 0.214. The molecule has 0 unspecified atom stereocenters. The number of rotatable bonds is 5. The minimum absolute atomic E-state index is 0.0193. The van der Waals surface area contributed by atoms with Gasteiger partial charge in [-0.3, -0.25) is 14.8 Å². The highest BCUT2D eigenvalue weighted by atomic mass is 35.5. The molecule has 0 fully saturated rings. The average Bonchev–Trinajstić information content (AvgIpc) is 3.12. The van der Waals surface area contributed by atoms with E-state index in [4.69, 9.17) is 27.7 Å². The Kier molecular flexibility index (Phi) is 4.50. The van der Waals surface area contributed by atoms with Gasteiger partial charge in [-0.1, -0.05) is 28.4 Å². The van der Waals surface area contributed by atoms with Crippen LogP contribution >= 0.6 is 23.2 Å². The Morgan fingerprint density at radius 3 is 2.83 bits per heavy atom. The lowest BCUT2D eigenvalue weighted by Gasteiger charge is -2.00. The van der Waals surface area contributed by atoms with Crippen molar-refractivity contribution in [2.75, 3.05) is 0 Å². The quantitative estimate of drug-likeness (QED) is 0.503. The second-order valence-corrected chi connectivity index (χ2v) is 5.82. The molecule has 24 heavy (non-hydrogen) atoms. The van der Waals surface area contributed by atoms with E-state index in [1.165, 1.54) is 10.9 Å². The monoisotopic (exact) mass is 367 g/mol. The van der Waals surface area contributed by atoms with Crippen molar-refractivity contribution >= 4 is 28.9 Å². The summed E-state index contributed by atoms with van der Waals surface area (Å²) in [5.74, 6) is 0.739. The highest BCUT2D eigenvalue weighted by Crippen LogP contribution is 2.28. The summed E-state index contributed by atoms with van der Waals surface area (Å²) in [6.45, 7) is 2.02. The third-order valence-electron chi connectivity index (χ3n) is 3.45. The Balaban J connectivity index is 1.74. The van der Waals surface area contributed by atoms with Crippen molar-refractivity contribution < 1.29 is 9.45 Å². The van der Waals surface area contributed by atoms with E-state index in [-0.39, 0.29) is 5.69 Å². The molecule has 0 N–H and O–H groups in total. The zero-order valence-electron chi connectivity index (χ0n) is 12.4. The summed E-state index contributed by atoms with van der Waals surface area (Å²) < 4.78 is 6.72. The SMILES string of the molecule is Cc1c([N+](=O)[O-])cnn1CCc1nc(-c2ccc(Cl)cc2Cl)no1. The van der Waals surface area contributed by atoms with E-state index < -0.39 is 4.92 Å². The zero-order chi connectivity index (χ0) is 17.3. The Morgan fingerprint density at radius 1 is 1.38 bits per heavy atom. The van der Waals surface area contributed by atoms with Crippen molar-refractivity contribution in [1.82, 2.24) is 19.9 Å². The molecule has 0 aliphatic rings. The molecule has 0 amide bonds. The number of aryl methyl sites for hydroxylation is 2. The van der Waals surface area contributed by atoms with Crippen molar-refractivity contribution in [2.24, 2.45) is 0 Å². The predicted octanol–water partition coefficient (Wildman–Crippen LogP) is 3.70. The second kappa shape index (κ2) is 6.58. The molecule has 0 saturated carbocycles. The Morgan fingerprint density at radius 2 is 2.17 bits per heavy atom. The van der Waals surface area contributed by atoms with Crippen LogP contribution in [0.25, 0.3) is 11.4 Å². The molecular formula is C14H11Cl2N5O3. The number of benzene rings is 1. The Hall–Kier alpha value is -2.45. The standard InChI is InChI=1S/C14H11Cl2N5O3/c1-8-12(21(22)23)7-17-20(8)5-4-13-18-14(19-24-13)10-3-2-9(15)6-11(10)16/h2-3,6-7H,4-5H2,1H3. The Bertz CT molecular complexity index is 906.